The summed E-state index contributed by atoms with van der Waals surface area (Å²) < 4.78 is 0. The van der Waals surface area contributed by atoms with Gasteiger partial charge < -0.3 is 5.73 Å². The third kappa shape index (κ3) is 3.04. The van der Waals surface area contributed by atoms with Gasteiger partial charge in [0.2, 0.25) is 6.54 Å². The first kappa shape index (κ1) is 15.8. The van der Waals surface area contributed by atoms with Gasteiger partial charge >= 0.3 is 0 Å². The molecule has 1 unspecified atom stereocenters. The van der Waals surface area contributed by atoms with Crippen molar-refractivity contribution in [2.24, 2.45) is 0 Å². The fraction of sp³-hybridized carbons (Fsp3) is 0.333. The van der Waals surface area contributed by atoms with Gasteiger partial charge in [0.1, 0.15) is 0 Å². The first-order valence-corrected chi connectivity index (χ1v) is 8.12. The van der Waals surface area contributed by atoms with Gasteiger partial charge in [-0.3, -0.25) is 10.1 Å². The summed E-state index contributed by atoms with van der Waals surface area (Å²) >= 11 is 6.00. The van der Waals surface area contributed by atoms with Crippen LogP contribution in [0, 0.1) is 10.1 Å². The Balaban J connectivity index is 2.06. The van der Waals surface area contributed by atoms with Gasteiger partial charge in [0, 0.05) is 21.0 Å². The maximum atomic E-state index is 11.3. The van der Waals surface area contributed by atoms with Crippen LogP contribution >= 0.6 is 11.6 Å². The third-order valence-corrected chi connectivity index (χ3v) is 5.23. The maximum Gasteiger partial charge on any atom is 0.211 e. The molecule has 1 atom stereocenters. The fourth-order valence-electron chi connectivity index (χ4n) is 3.70. The highest BCUT2D eigenvalue weighted by Gasteiger charge is 2.48. The van der Waals surface area contributed by atoms with E-state index in [1.165, 1.54) is 0 Å². The van der Waals surface area contributed by atoms with Gasteiger partial charge in [-0.2, -0.15) is 0 Å². The second-order valence-corrected chi connectivity index (χ2v) is 6.69. The molecule has 0 radical (unpaired) electrons. The number of benzene rings is 2. The average molecular weight is 331 g/mol. The minimum atomic E-state index is -0.218. The summed E-state index contributed by atoms with van der Waals surface area (Å²) in [5.74, 6) is -0.184. The topological polar surface area (TPSA) is 69.2 Å². The van der Waals surface area contributed by atoms with Crippen LogP contribution in [-0.4, -0.2) is 11.5 Å². The molecule has 1 saturated carbocycles. The molecule has 5 heteroatoms. The van der Waals surface area contributed by atoms with Crippen LogP contribution in [0.3, 0.4) is 0 Å². The Labute approximate surface area is 140 Å². The standard InChI is InChI=1S/C18H19ClN2O2/c19-15-7-5-14(6-8-15)18(9-2-10-18)17(12-21(22)23)13-3-1-4-16(20)11-13/h1,3-8,11,17H,2,9-10,12,20H2. The van der Waals surface area contributed by atoms with E-state index in [-0.39, 0.29) is 22.8 Å². The van der Waals surface area contributed by atoms with Crippen LogP contribution in [-0.2, 0) is 5.41 Å². The Kier molecular flexibility index (Phi) is 4.26. The number of hydrogen-bond donors (Lipinski definition) is 1. The van der Waals surface area contributed by atoms with Crippen LogP contribution in [0.1, 0.15) is 36.3 Å². The molecule has 0 aliphatic heterocycles. The van der Waals surface area contributed by atoms with E-state index in [2.05, 4.69) is 0 Å². The summed E-state index contributed by atoms with van der Waals surface area (Å²) in [6, 6.07) is 15.2. The van der Waals surface area contributed by atoms with Crippen LogP contribution in [0.4, 0.5) is 5.69 Å². The summed E-state index contributed by atoms with van der Waals surface area (Å²) in [6.45, 7) is -0.0912. The first-order valence-electron chi connectivity index (χ1n) is 7.74. The predicted molar refractivity (Wildman–Crippen MR) is 92.4 cm³/mol. The lowest BCUT2D eigenvalue weighted by Gasteiger charge is -2.47. The SMILES string of the molecule is Nc1cccc(C(C[N+](=O)[O-])C2(c3ccc(Cl)cc3)CCC2)c1. The minimum absolute atomic E-state index is 0.0912. The molecule has 2 N–H and O–H groups in total. The van der Waals surface area contributed by atoms with Crippen molar-refractivity contribution in [3.63, 3.8) is 0 Å². The molecule has 2 aromatic rings. The van der Waals surface area contributed by atoms with Crippen LogP contribution in [0.25, 0.3) is 0 Å². The summed E-state index contributed by atoms with van der Waals surface area (Å²) in [6.07, 6.45) is 2.98. The zero-order chi connectivity index (χ0) is 16.4. The van der Waals surface area contributed by atoms with Gasteiger partial charge in [-0.15, -0.1) is 0 Å². The van der Waals surface area contributed by atoms with Crippen molar-refractivity contribution in [3.05, 3.63) is 74.8 Å². The van der Waals surface area contributed by atoms with Crippen LogP contribution in [0.15, 0.2) is 48.5 Å². The molecule has 2 aromatic carbocycles. The Morgan fingerprint density at radius 2 is 1.91 bits per heavy atom. The van der Waals surface area contributed by atoms with Crippen molar-refractivity contribution in [1.29, 1.82) is 0 Å². The number of nitrogens with zero attached hydrogens (tertiary/aromatic N) is 1. The monoisotopic (exact) mass is 330 g/mol. The number of nitrogen functional groups attached to an aromatic ring is 1. The average Bonchev–Trinajstić information content (AvgIpc) is 2.46. The zero-order valence-electron chi connectivity index (χ0n) is 12.7. The molecule has 0 heterocycles. The Morgan fingerprint density at radius 1 is 1.22 bits per heavy atom. The van der Waals surface area contributed by atoms with Crippen molar-refractivity contribution >= 4 is 17.3 Å². The van der Waals surface area contributed by atoms with Crippen LogP contribution in [0.2, 0.25) is 5.02 Å². The van der Waals surface area contributed by atoms with Gasteiger partial charge in [0.25, 0.3) is 0 Å². The van der Waals surface area contributed by atoms with Crippen molar-refractivity contribution in [1.82, 2.24) is 0 Å². The van der Waals surface area contributed by atoms with Gasteiger partial charge in [0.05, 0.1) is 5.92 Å². The molecule has 4 nitrogen and oxygen atoms in total. The number of nitro groups is 1. The van der Waals surface area contributed by atoms with Gasteiger partial charge in [-0.1, -0.05) is 42.3 Å². The normalized spacial score (nSPS) is 17.3. The van der Waals surface area contributed by atoms with E-state index in [0.29, 0.717) is 10.7 Å². The molecule has 23 heavy (non-hydrogen) atoms. The van der Waals surface area contributed by atoms with Crippen molar-refractivity contribution in [3.8, 4) is 0 Å². The smallest absolute Gasteiger partial charge is 0.211 e. The van der Waals surface area contributed by atoms with E-state index in [0.717, 1.165) is 30.4 Å². The van der Waals surface area contributed by atoms with E-state index in [1.54, 1.807) is 0 Å². The summed E-state index contributed by atoms with van der Waals surface area (Å²) in [5.41, 5.74) is 8.41. The summed E-state index contributed by atoms with van der Waals surface area (Å²) in [7, 11) is 0. The lowest BCUT2D eigenvalue weighted by Crippen LogP contribution is -2.43. The lowest BCUT2D eigenvalue weighted by atomic mass is 9.56. The quantitative estimate of drug-likeness (QED) is 0.501. The van der Waals surface area contributed by atoms with Crippen LogP contribution < -0.4 is 5.73 Å². The molecule has 1 aliphatic carbocycles. The molecule has 0 spiro atoms. The Bertz CT molecular complexity index is 711. The van der Waals surface area contributed by atoms with Gasteiger partial charge in [-0.05, 0) is 48.2 Å². The van der Waals surface area contributed by atoms with E-state index >= 15 is 0 Å². The zero-order valence-corrected chi connectivity index (χ0v) is 13.5. The minimum Gasteiger partial charge on any atom is -0.399 e. The first-order chi connectivity index (χ1) is 11.0. The van der Waals surface area contributed by atoms with Crippen molar-refractivity contribution in [2.75, 3.05) is 12.3 Å². The lowest BCUT2D eigenvalue weighted by molar-refractivity contribution is -0.486. The van der Waals surface area contributed by atoms with E-state index in [4.69, 9.17) is 17.3 Å². The number of anilines is 1. The molecule has 0 bridgehead atoms. The van der Waals surface area contributed by atoms with E-state index in [9.17, 15) is 10.1 Å². The second kappa shape index (κ2) is 6.20. The summed E-state index contributed by atoms with van der Waals surface area (Å²) in [4.78, 5) is 11.1. The highest BCUT2D eigenvalue weighted by atomic mass is 35.5. The molecular weight excluding hydrogens is 312 g/mol. The molecule has 0 saturated heterocycles. The fourth-order valence-corrected chi connectivity index (χ4v) is 3.83. The van der Waals surface area contributed by atoms with E-state index in [1.807, 2.05) is 48.5 Å². The Hall–Kier alpha value is -2.07. The number of rotatable bonds is 5. The predicted octanol–water partition coefficient (Wildman–Crippen LogP) is 4.40. The number of hydrogen-bond acceptors (Lipinski definition) is 3. The second-order valence-electron chi connectivity index (χ2n) is 6.25. The van der Waals surface area contributed by atoms with E-state index < -0.39 is 0 Å². The summed E-state index contributed by atoms with van der Waals surface area (Å²) in [5, 5.41) is 12.0. The maximum absolute atomic E-state index is 11.3. The van der Waals surface area contributed by atoms with Crippen molar-refractivity contribution in [2.45, 2.75) is 30.6 Å². The molecule has 1 aliphatic rings. The molecule has 120 valence electrons. The number of halogens is 1. The van der Waals surface area contributed by atoms with Gasteiger partial charge in [-0.25, -0.2) is 0 Å². The largest absolute Gasteiger partial charge is 0.399 e. The highest BCUT2D eigenvalue weighted by Crippen LogP contribution is 2.53. The number of nitrogens with two attached hydrogens (primary N) is 1. The molecule has 1 fully saturated rings. The van der Waals surface area contributed by atoms with Crippen LogP contribution in [0.5, 0.6) is 0 Å². The molecular formula is C18H19ClN2O2. The molecule has 0 amide bonds. The highest BCUT2D eigenvalue weighted by molar-refractivity contribution is 6.30. The van der Waals surface area contributed by atoms with Crippen molar-refractivity contribution < 1.29 is 4.92 Å². The Morgan fingerprint density at radius 3 is 2.43 bits per heavy atom. The third-order valence-electron chi connectivity index (χ3n) is 4.98. The van der Waals surface area contributed by atoms with Gasteiger partial charge in [0.15, 0.2) is 0 Å². The molecule has 3 rings (SSSR count). The molecule has 0 aromatic heterocycles.